The molecule has 0 unspecified atom stereocenters. The summed E-state index contributed by atoms with van der Waals surface area (Å²) in [7, 11) is 0. The van der Waals surface area contributed by atoms with E-state index in [-0.39, 0.29) is 5.91 Å². The third kappa shape index (κ3) is 3.48. The molecule has 4 heterocycles. The van der Waals surface area contributed by atoms with Crippen molar-refractivity contribution in [2.45, 2.75) is 13.5 Å². The second kappa shape index (κ2) is 7.25. The molecule has 0 saturated carbocycles. The van der Waals surface area contributed by atoms with Crippen LogP contribution >= 0.6 is 0 Å². The van der Waals surface area contributed by atoms with E-state index in [0.717, 1.165) is 11.4 Å². The van der Waals surface area contributed by atoms with E-state index >= 15 is 0 Å². The van der Waals surface area contributed by atoms with Gasteiger partial charge in [-0.2, -0.15) is 0 Å². The monoisotopic (exact) mass is 359 g/mol. The quantitative estimate of drug-likeness (QED) is 0.591. The summed E-state index contributed by atoms with van der Waals surface area (Å²) in [5.74, 6) is 1.22. The number of amides is 1. The molecule has 7 heteroatoms. The Labute approximate surface area is 155 Å². The largest absolute Gasteiger partial charge is 0.463 e. The van der Waals surface area contributed by atoms with Crippen molar-refractivity contribution >= 4 is 5.91 Å². The Morgan fingerprint density at radius 1 is 1.19 bits per heavy atom. The lowest BCUT2D eigenvalue weighted by atomic mass is 10.1. The number of nitrogens with one attached hydrogen (secondary N) is 1. The molecule has 0 saturated heterocycles. The number of hydrogen-bond donors (Lipinski definition) is 1. The number of carbonyl (C=O) groups is 1. The van der Waals surface area contributed by atoms with Gasteiger partial charge in [0.15, 0.2) is 5.76 Å². The van der Waals surface area contributed by atoms with Crippen molar-refractivity contribution in [3.63, 3.8) is 0 Å². The van der Waals surface area contributed by atoms with Crippen molar-refractivity contribution in [3.8, 4) is 17.3 Å². The Balaban J connectivity index is 1.51. The first-order valence-electron chi connectivity index (χ1n) is 8.44. The fourth-order valence-electron chi connectivity index (χ4n) is 2.82. The highest BCUT2D eigenvalue weighted by Crippen LogP contribution is 2.19. The van der Waals surface area contributed by atoms with Crippen molar-refractivity contribution in [2.75, 3.05) is 0 Å². The molecule has 0 spiro atoms. The molecule has 134 valence electrons. The summed E-state index contributed by atoms with van der Waals surface area (Å²) in [5, 5.41) is 2.94. The van der Waals surface area contributed by atoms with E-state index < -0.39 is 0 Å². The van der Waals surface area contributed by atoms with E-state index in [9.17, 15) is 4.79 Å². The SMILES string of the molecule is Cc1nc(-c2ccco2)ccc1C(=O)NCc1cccnc1-n1ccnc1. The summed E-state index contributed by atoms with van der Waals surface area (Å²) in [6.45, 7) is 2.15. The van der Waals surface area contributed by atoms with Crippen LogP contribution in [0.3, 0.4) is 0 Å². The second-order valence-electron chi connectivity index (χ2n) is 5.95. The van der Waals surface area contributed by atoms with Gasteiger partial charge in [-0.05, 0) is 37.3 Å². The van der Waals surface area contributed by atoms with Crippen LogP contribution in [0.15, 0.2) is 72.0 Å². The molecule has 0 aromatic carbocycles. The molecular formula is C20H17N5O2. The zero-order chi connectivity index (χ0) is 18.6. The summed E-state index contributed by atoms with van der Waals surface area (Å²) >= 11 is 0. The Morgan fingerprint density at radius 3 is 2.85 bits per heavy atom. The molecular weight excluding hydrogens is 342 g/mol. The Hall–Kier alpha value is -3.74. The molecule has 27 heavy (non-hydrogen) atoms. The van der Waals surface area contributed by atoms with Crippen molar-refractivity contribution in [1.29, 1.82) is 0 Å². The number of nitrogens with zero attached hydrogens (tertiary/aromatic N) is 4. The summed E-state index contributed by atoms with van der Waals surface area (Å²) in [6.07, 6.45) is 8.48. The van der Waals surface area contributed by atoms with Crippen LogP contribution in [-0.4, -0.2) is 25.4 Å². The standard InChI is InChI=1S/C20H17N5O2/c1-14-16(6-7-17(24-14)18-5-3-11-27-18)20(26)23-12-15-4-2-8-22-19(15)25-10-9-21-13-25/h2-11,13H,12H2,1H3,(H,23,26). The van der Waals surface area contributed by atoms with Gasteiger partial charge in [-0.1, -0.05) is 6.07 Å². The molecule has 0 bridgehead atoms. The van der Waals surface area contributed by atoms with Gasteiger partial charge < -0.3 is 9.73 Å². The molecule has 4 aromatic rings. The highest BCUT2D eigenvalue weighted by molar-refractivity contribution is 5.95. The molecule has 4 rings (SSSR count). The van der Waals surface area contributed by atoms with E-state index in [1.807, 2.05) is 35.9 Å². The van der Waals surface area contributed by atoms with Crippen LogP contribution in [-0.2, 0) is 6.54 Å². The Morgan fingerprint density at radius 2 is 2.11 bits per heavy atom. The molecule has 7 nitrogen and oxygen atoms in total. The van der Waals surface area contributed by atoms with Crippen LogP contribution in [0.25, 0.3) is 17.3 Å². The topological polar surface area (TPSA) is 85.8 Å². The summed E-state index contributed by atoms with van der Waals surface area (Å²) in [4.78, 5) is 25.5. The van der Waals surface area contributed by atoms with Gasteiger partial charge in [0.05, 0.1) is 17.5 Å². The van der Waals surface area contributed by atoms with Crippen LogP contribution in [0.4, 0.5) is 0 Å². The molecule has 0 fully saturated rings. The van der Waals surface area contributed by atoms with E-state index in [2.05, 4.69) is 20.3 Å². The minimum Gasteiger partial charge on any atom is -0.463 e. The van der Waals surface area contributed by atoms with Gasteiger partial charge >= 0.3 is 0 Å². The lowest BCUT2D eigenvalue weighted by Crippen LogP contribution is -2.24. The fourth-order valence-corrected chi connectivity index (χ4v) is 2.82. The van der Waals surface area contributed by atoms with Gasteiger partial charge in [0.1, 0.15) is 17.8 Å². The lowest BCUT2D eigenvalue weighted by Gasteiger charge is -2.11. The van der Waals surface area contributed by atoms with Crippen molar-refractivity contribution in [3.05, 3.63) is 84.4 Å². The van der Waals surface area contributed by atoms with Gasteiger partial charge in [0.25, 0.3) is 5.91 Å². The van der Waals surface area contributed by atoms with E-state index in [1.165, 1.54) is 0 Å². The smallest absolute Gasteiger partial charge is 0.253 e. The molecule has 0 aliphatic carbocycles. The molecule has 0 atom stereocenters. The maximum atomic E-state index is 12.6. The summed E-state index contributed by atoms with van der Waals surface area (Å²) in [6, 6.07) is 10.9. The number of furan rings is 1. The first-order valence-corrected chi connectivity index (χ1v) is 8.44. The minimum atomic E-state index is -0.188. The van der Waals surface area contributed by atoms with Gasteiger partial charge in [0, 0.05) is 30.7 Å². The maximum Gasteiger partial charge on any atom is 0.253 e. The van der Waals surface area contributed by atoms with Gasteiger partial charge in [0.2, 0.25) is 0 Å². The normalized spacial score (nSPS) is 10.7. The number of rotatable bonds is 5. The van der Waals surface area contributed by atoms with E-state index in [1.54, 1.807) is 43.2 Å². The van der Waals surface area contributed by atoms with E-state index in [4.69, 9.17) is 4.42 Å². The summed E-state index contributed by atoms with van der Waals surface area (Å²) in [5.41, 5.74) is 2.76. The number of aromatic nitrogens is 4. The first-order chi connectivity index (χ1) is 13.2. The predicted octanol–water partition coefficient (Wildman–Crippen LogP) is 3.16. The predicted molar refractivity (Wildman–Crippen MR) is 99.2 cm³/mol. The average molecular weight is 359 g/mol. The Kier molecular flexibility index (Phi) is 4.49. The zero-order valence-electron chi connectivity index (χ0n) is 14.7. The lowest BCUT2D eigenvalue weighted by molar-refractivity contribution is 0.0950. The highest BCUT2D eigenvalue weighted by atomic mass is 16.3. The van der Waals surface area contributed by atoms with Crippen molar-refractivity contribution < 1.29 is 9.21 Å². The molecule has 0 aliphatic rings. The van der Waals surface area contributed by atoms with Gasteiger partial charge in [-0.15, -0.1) is 0 Å². The number of hydrogen-bond acceptors (Lipinski definition) is 5. The Bertz CT molecular complexity index is 1060. The second-order valence-corrected chi connectivity index (χ2v) is 5.95. The molecule has 1 N–H and O–H groups in total. The molecule has 1 amide bonds. The fraction of sp³-hybridized carbons (Fsp3) is 0.100. The maximum absolute atomic E-state index is 12.6. The van der Waals surface area contributed by atoms with Crippen LogP contribution in [0.1, 0.15) is 21.6 Å². The summed E-state index contributed by atoms with van der Waals surface area (Å²) < 4.78 is 7.16. The van der Waals surface area contributed by atoms with Crippen LogP contribution in [0.5, 0.6) is 0 Å². The zero-order valence-corrected chi connectivity index (χ0v) is 14.7. The van der Waals surface area contributed by atoms with Crippen molar-refractivity contribution in [2.24, 2.45) is 0 Å². The molecule has 0 radical (unpaired) electrons. The highest BCUT2D eigenvalue weighted by Gasteiger charge is 2.13. The molecule has 0 aliphatic heterocycles. The average Bonchev–Trinajstić information content (AvgIpc) is 3.40. The number of pyridine rings is 2. The minimum absolute atomic E-state index is 0.188. The third-order valence-electron chi connectivity index (χ3n) is 4.16. The van der Waals surface area contributed by atoms with Gasteiger partial charge in [-0.3, -0.25) is 9.36 Å². The van der Waals surface area contributed by atoms with Crippen LogP contribution < -0.4 is 5.32 Å². The van der Waals surface area contributed by atoms with Crippen LogP contribution in [0, 0.1) is 6.92 Å². The third-order valence-corrected chi connectivity index (χ3v) is 4.16. The number of carbonyl (C=O) groups excluding carboxylic acids is 1. The van der Waals surface area contributed by atoms with Crippen molar-refractivity contribution in [1.82, 2.24) is 24.8 Å². The number of imidazole rings is 1. The first kappa shape index (κ1) is 16.7. The van der Waals surface area contributed by atoms with Crippen LogP contribution in [0.2, 0.25) is 0 Å². The van der Waals surface area contributed by atoms with Gasteiger partial charge in [-0.25, -0.2) is 15.0 Å². The van der Waals surface area contributed by atoms with E-state index in [0.29, 0.717) is 29.3 Å². The molecule has 4 aromatic heterocycles. The number of aryl methyl sites for hydroxylation is 1.